The number of thioether (sulfide) groups is 1. The maximum absolute atomic E-state index is 12.8. The standard InChI is InChI=1S/C26H18N2O5S/c27-14-20-5-1-2-6-21(20)15-28-24(29)23(34-26(28)32)13-17-8-10-22(11-9-17)33-16-18-4-3-7-19(12-18)25(30)31/h1-13H,15-16H2,(H,30,31)/b23-13+. The van der Waals surface area contributed by atoms with E-state index in [1.807, 2.05) is 0 Å². The molecule has 0 aliphatic carbocycles. The van der Waals surface area contributed by atoms with E-state index in [4.69, 9.17) is 9.84 Å². The number of imide groups is 1. The molecule has 168 valence electrons. The van der Waals surface area contributed by atoms with Gasteiger partial charge < -0.3 is 9.84 Å². The molecule has 0 aromatic heterocycles. The van der Waals surface area contributed by atoms with Crippen LogP contribution >= 0.6 is 11.8 Å². The highest BCUT2D eigenvalue weighted by Crippen LogP contribution is 2.33. The number of carbonyl (C=O) groups excluding carboxylic acids is 2. The maximum Gasteiger partial charge on any atom is 0.335 e. The minimum atomic E-state index is -0.995. The summed E-state index contributed by atoms with van der Waals surface area (Å²) >= 11 is 0.861. The van der Waals surface area contributed by atoms with E-state index in [9.17, 15) is 19.6 Å². The molecule has 3 aromatic carbocycles. The molecule has 0 bridgehead atoms. The van der Waals surface area contributed by atoms with Crippen molar-refractivity contribution in [3.63, 3.8) is 0 Å². The van der Waals surface area contributed by atoms with Crippen molar-refractivity contribution < 1.29 is 24.2 Å². The number of carboxylic acids is 1. The average molecular weight is 471 g/mol. The molecule has 0 saturated carbocycles. The molecule has 1 fully saturated rings. The fourth-order valence-corrected chi connectivity index (χ4v) is 4.18. The molecule has 2 amide bonds. The molecule has 8 heteroatoms. The lowest BCUT2D eigenvalue weighted by Crippen LogP contribution is -2.27. The first-order valence-corrected chi connectivity index (χ1v) is 11.0. The summed E-state index contributed by atoms with van der Waals surface area (Å²) in [5, 5.41) is 17.9. The van der Waals surface area contributed by atoms with Gasteiger partial charge in [-0.25, -0.2) is 4.79 Å². The number of carboxylic acid groups (broad SMARTS) is 1. The Hall–Kier alpha value is -4.35. The second kappa shape index (κ2) is 10.1. The van der Waals surface area contributed by atoms with Gasteiger partial charge >= 0.3 is 5.97 Å². The second-order valence-electron chi connectivity index (χ2n) is 7.40. The third-order valence-electron chi connectivity index (χ3n) is 5.10. The summed E-state index contributed by atoms with van der Waals surface area (Å²) in [4.78, 5) is 37.7. The van der Waals surface area contributed by atoms with Crippen molar-refractivity contribution in [1.82, 2.24) is 4.90 Å². The first-order valence-electron chi connectivity index (χ1n) is 10.2. The Bertz CT molecular complexity index is 1340. The van der Waals surface area contributed by atoms with Gasteiger partial charge in [0.05, 0.1) is 28.6 Å². The van der Waals surface area contributed by atoms with Gasteiger partial charge in [-0.05, 0) is 64.9 Å². The predicted molar refractivity (Wildman–Crippen MR) is 127 cm³/mol. The van der Waals surface area contributed by atoms with Crippen LogP contribution in [0.3, 0.4) is 0 Å². The van der Waals surface area contributed by atoms with Crippen molar-refractivity contribution in [2.45, 2.75) is 13.2 Å². The number of carbonyl (C=O) groups is 3. The van der Waals surface area contributed by atoms with Gasteiger partial charge in [0.1, 0.15) is 12.4 Å². The number of amides is 2. The van der Waals surface area contributed by atoms with E-state index in [1.54, 1.807) is 72.8 Å². The van der Waals surface area contributed by atoms with Crippen molar-refractivity contribution in [1.29, 1.82) is 5.26 Å². The molecule has 1 saturated heterocycles. The largest absolute Gasteiger partial charge is 0.489 e. The third kappa shape index (κ3) is 5.17. The summed E-state index contributed by atoms with van der Waals surface area (Å²) in [5.41, 5.74) is 2.69. The molecule has 1 N–H and O–H groups in total. The monoisotopic (exact) mass is 470 g/mol. The maximum atomic E-state index is 12.8. The Morgan fingerprint density at radius 2 is 1.82 bits per heavy atom. The van der Waals surface area contributed by atoms with E-state index in [0.717, 1.165) is 27.8 Å². The Morgan fingerprint density at radius 1 is 1.06 bits per heavy atom. The number of rotatable bonds is 7. The lowest BCUT2D eigenvalue weighted by Gasteiger charge is -2.13. The van der Waals surface area contributed by atoms with Crippen LogP contribution in [-0.2, 0) is 17.9 Å². The summed E-state index contributed by atoms with van der Waals surface area (Å²) < 4.78 is 5.72. The predicted octanol–water partition coefficient (Wildman–Crippen LogP) is 5.07. The van der Waals surface area contributed by atoms with Crippen molar-refractivity contribution >= 4 is 35.0 Å². The number of ether oxygens (including phenoxy) is 1. The van der Waals surface area contributed by atoms with Gasteiger partial charge in [0.15, 0.2) is 0 Å². The van der Waals surface area contributed by atoms with Crippen LogP contribution in [0.25, 0.3) is 6.08 Å². The van der Waals surface area contributed by atoms with E-state index < -0.39 is 11.9 Å². The zero-order chi connectivity index (χ0) is 24.1. The van der Waals surface area contributed by atoms with Crippen LogP contribution in [0.5, 0.6) is 5.75 Å². The lowest BCUT2D eigenvalue weighted by molar-refractivity contribution is -0.123. The Balaban J connectivity index is 1.42. The molecule has 4 rings (SSSR count). The molecule has 0 spiro atoms. The number of aromatic carboxylic acids is 1. The quantitative estimate of drug-likeness (QED) is 0.480. The zero-order valence-corrected chi connectivity index (χ0v) is 18.6. The molecule has 3 aromatic rings. The van der Waals surface area contributed by atoms with Crippen LogP contribution in [0.4, 0.5) is 4.79 Å². The van der Waals surface area contributed by atoms with Gasteiger partial charge in [-0.3, -0.25) is 14.5 Å². The van der Waals surface area contributed by atoms with E-state index in [2.05, 4.69) is 6.07 Å². The number of nitriles is 1. The van der Waals surface area contributed by atoms with Crippen molar-refractivity contribution in [2.75, 3.05) is 0 Å². The minimum absolute atomic E-state index is 0.0433. The molecule has 0 atom stereocenters. The minimum Gasteiger partial charge on any atom is -0.489 e. The topological polar surface area (TPSA) is 108 Å². The zero-order valence-electron chi connectivity index (χ0n) is 17.8. The number of hydrogen-bond acceptors (Lipinski definition) is 6. The number of hydrogen-bond donors (Lipinski definition) is 1. The lowest BCUT2D eigenvalue weighted by atomic mass is 10.1. The Kier molecular flexibility index (Phi) is 6.76. The average Bonchev–Trinajstić information content (AvgIpc) is 3.11. The summed E-state index contributed by atoms with van der Waals surface area (Å²) in [7, 11) is 0. The van der Waals surface area contributed by atoms with Gasteiger partial charge in [0.2, 0.25) is 0 Å². The van der Waals surface area contributed by atoms with Gasteiger partial charge in [0, 0.05) is 0 Å². The van der Waals surface area contributed by atoms with Crippen molar-refractivity contribution in [2.24, 2.45) is 0 Å². The molecular formula is C26H18N2O5S. The second-order valence-corrected chi connectivity index (χ2v) is 8.39. The molecule has 7 nitrogen and oxygen atoms in total. The van der Waals surface area contributed by atoms with Crippen LogP contribution < -0.4 is 4.74 Å². The number of benzene rings is 3. The molecule has 1 aliphatic rings. The fourth-order valence-electron chi connectivity index (χ4n) is 3.35. The van der Waals surface area contributed by atoms with Crippen molar-refractivity contribution in [3.05, 3.63) is 106 Å². The van der Waals surface area contributed by atoms with Crippen molar-refractivity contribution in [3.8, 4) is 11.8 Å². The molecule has 1 heterocycles. The SMILES string of the molecule is N#Cc1ccccc1CN1C(=O)S/C(=C/c2ccc(OCc3cccc(C(=O)O)c3)cc2)C1=O. The van der Waals surface area contributed by atoms with Crippen LogP contribution in [0.1, 0.15) is 32.6 Å². The highest BCUT2D eigenvalue weighted by molar-refractivity contribution is 8.18. The fraction of sp³-hybridized carbons (Fsp3) is 0.0769. The smallest absolute Gasteiger partial charge is 0.335 e. The Labute approximate surface area is 199 Å². The summed E-state index contributed by atoms with van der Waals surface area (Å²) in [6.45, 7) is 0.255. The molecule has 0 radical (unpaired) electrons. The van der Waals surface area contributed by atoms with E-state index in [0.29, 0.717) is 21.8 Å². The van der Waals surface area contributed by atoms with E-state index >= 15 is 0 Å². The molecular weight excluding hydrogens is 452 g/mol. The van der Waals surface area contributed by atoms with Gasteiger partial charge in [0.25, 0.3) is 11.1 Å². The summed E-state index contributed by atoms with van der Waals surface area (Å²) in [5.74, 6) is -0.814. The summed E-state index contributed by atoms with van der Waals surface area (Å²) in [6, 6.07) is 22.5. The van der Waals surface area contributed by atoms with Crippen LogP contribution in [-0.4, -0.2) is 27.1 Å². The first-order chi connectivity index (χ1) is 16.4. The van der Waals surface area contributed by atoms with E-state index in [-0.39, 0.29) is 24.0 Å². The van der Waals surface area contributed by atoms with Crippen LogP contribution in [0.2, 0.25) is 0 Å². The van der Waals surface area contributed by atoms with E-state index in [1.165, 1.54) is 6.07 Å². The van der Waals surface area contributed by atoms with Crippen LogP contribution in [0, 0.1) is 11.3 Å². The molecule has 34 heavy (non-hydrogen) atoms. The molecule has 0 unspecified atom stereocenters. The van der Waals surface area contributed by atoms with Gasteiger partial charge in [-0.15, -0.1) is 0 Å². The summed E-state index contributed by atoms with van der Waals surface area (Å²) in [6.07, 6.45) is 1.64. The normalized spacial score (nSPS) is 14.3. The van der Waals surface area contributed by atoms with Gasteiger partial charge in [-0.1, -0.05) is 42.5 Å². The Morgan fingerprint density at radius 3 is 2.56 bits per heavy atom. The first kappa shape index (κ1) is 22.8. The highest BCUT2D eigenvalue weighted by Gasteiger charge is 2.35. The van der Waals surface area contributed by atoms with Gasteiger partial charge in [-0.2, -0.15) is 5.26 Å². The molecule has 1 aliphatic heterocycles. The highest BCUT2D eigenvalue weighted by atomic mass is 32.2. The number of nitrogens with zero attached hydrogens (tertiary/aromatic N) is 2. The van der Waals surface area contributed by atoms with Crippen LogP contribution in [0.15, 0.2) is 77.7 Å². The third-order valence-corrected chi connectivity index (χ3v) is 6.00.